The van der Waals surface area contributed by atoms with Crippen molar-refractivity contribution in [2.75, 3.05) is 6.61 Å². The van der Waals surface area contributed by atoms with Gasteiger partial charge in [-0.15, -0.1) is 0 Å². The maximum Gasteiger partial charge on any atom is 1.00 e. The van der Waals surface area contributed by atoms with E-state index in [0.717, 1.165) is 19.4 Å². The molecule has 0 fully saturated rings. The molecule has 0 amide bonds. The Hall–Kier alpha value is 0.137. The molecule has 0 aromatic carbocycles. The van der Waals surface area contributed by atoms with Crippen LogP contribution in [0.2, 0.25) is 0 Å². The van der Waals surface area contributed by atoms with Crippen LogP contribution in [0.3, 0.4) is 0 Å². The van der Waals surface area contributed by atoms with Gasteiger partial charge in [-0.05, 0) is 6.42 Å². The maximum absolute atomic E-state index is 4.83. The van der Waals surface area contributed by atoms with E-state index in [-0.39, 0.29) is 18.9 Å². The van der Waals surface area contributed by atoms with E-state index >= 15 is 0 Å². The average Bonchev–Trinajstić information content (AvgIpc) is 1.72. The van der Waals surface area contributed by atoms with Crippen molar-refractivity contribution >= 4 is 0 Å². The van der Waals surface area contributed by atoms with Crippen LogP contribution in [0.25, 0.3) is 0 Å². The second-order valence-corrected chi connectivity index (χ2v) is 1.30. The third-order valence-electron chi connectivity index (χ3n) is 0.750. The van der Waals surface area contributed by atoms with Gasteiger partial charge >= 0.3 is 18.9 Å². The van der Waals surface area contributed by atoms with Gasteiger partial charge in [-0.25, -0.2) is 0 Å². The number of allylic oxidation sites excluding steroid dienone is 1. The third-order valence-corrected chi connectivity index (χ3v) is 0.750. The van der Waals surface area contributed by atoms with Crippen LogP contribution in [0.15, 0.2) is 6.26 Å². The zero-order valence-electron chi connectivity index (χ0n) is 4.61. The first-order valence-corrected chi connectivity index (χ1v) is 2.17. The molecule has 0 atom stereocenters. The third kappa shape index (κ3) is 2.79. The molecule has 1 aliphatic rings. The molecule has 0 aromatic heterocycles. The zero-order chi connectivity index (χ0) is 4.24. The Kier molecular flexibility index (Phi) is 4.38. The molecule has 0 aliphatic carbocycles. The van der Waals surface area contributed by atoms with Crippen molar-refractivity contribution in [3.63, 3.8) is 0 Å². The normalized spacial score (nSPS) is 17.1. The van der Waals surface area contributed by atoms with Crippen LogP contribution in [0.5, 0.6) is 0 Å². The van der Waals surface area contributed by atoms with Crippen molar-refractivity contribution in [3.05, 3.63) is 12.3 Å². The van der Waals surface area contributed by atoms with Crippen LogP contribution in [0.4, 0.5) is 0 Å². The first-order valence-electron chi connectivity index (χ1n) is 2.17. The summed E-state index contributed by atoms with van der Waals surface area (Å²) < 4.78 is 4.83. The average molecular weight is 90.1 g/mol. The molecule has 1 heterocycles. The first-order chi connectivity index (χ1) is 3.00. The summed E-state index contributed by atoms with van der Waals surface area (Å²) in [6.07, 6.45) is 6.78. The summed E-state index contributed by atoms with van der Waals surface area (Å²) in [7, 11) is 0. The van der Waals surface area contributed by atoms with Crippen LogP contribution in [0, 0.1) is 6.08 Å². The number of hydrogen-bond donors (Lipinski definition) is 0. The Bertz CT molecular complexity index is 53.1. The van der Waals surface area contributed by atoms with Gasteiger partial charge in [0.25, 0.3) is 0 Å². The fraction of sp³-hybridized carbons (Fsp3) is 0.600. The molecule has 2 heteroatoms. The quantitative estimate of drug-likeness (QED) is 0.250. The van der Waals surface area contributed by atoms with Crippen molar-refractivity contribution in [1.82, 2.24) is 0 Å². The fourth-order valence-electron chi connectivity index (χ4n) is 0.434. The number of hydrogen-bond acceptors (Lipinski definition) is 1. The van der Waals surface area contributed by atoms with Crippen LogP contribution in [0.1, 0.15) is 12.8 Å². The summed E-state index contributed by atoms with van der Waals surface area (Å²) in [5.74, 6) is 0. The molecular weight excluding hydrogens is 83.0 g/mol. The Labute approximate surface area is 55.9 Å². The van der Waals surface area contributed by atoms with E-state index in [1.54, 1.807) is 6.26 Å². The predicted octanol–water partition coefficient (Wildman–Crippen LogP) is -1.88. The van der Waals surface area contributed by atoms with Crippen LogP contribution in [-0.4, -0.2) is 6.61 Å². The van der Waals surface area contributed by atoms with E-state index in [0.29, 0.717) is 0 Å². The van der Waals surface area contributed by atoms with E-state index in [9.17, 15) is 0 Å². The van der Waals surface area contributed by atoms with Crippen molar-refractivity contribution in [2.45, 2.75) is 12.8 Å². The van der Waals surface area contributed by atoms with Gasteiger partial charge in [0.2, 0.25) is 0 Å². The predicted molar refractivity (Wildman–Crippen MR) is 23.0 cm³/mol. The maximum atomic E-state index is 4.83. The molecule has 1 aliphatic heterocycles. The Balaban J connectivity index is 0.000000360. The van der Waals surface area contributed by atoms with Crippen LogP contribution < -0.4 is 18.9 Å². The molecular formula is C5H7LiO. The Morgan fingerprint density at radius 1 is 1.57 bits per heavy atom. The van der Waals surface area contributed by atoms with Gasteiger partial charge in [-0.1, -0.05) is 6.26 Å². The number of rotatable bonds is 0. The van der Waals surface area contributed by atoms with Gasteiger partial charge in [-0.3, -0.25) is 0 Å². The molecule has 0 radical (unpaired) electrons. The summed E-state index contributed by atoms with van der Waals surface area (Å²) in [5, 5.41) is 0. The topological polar surface area (TPSA) is 9.23 Å². The summed E-state index contributed by atoms with van der Waals surface area (Å²) in [4.78, 5) is 0. The summed E-state index contributed by atoms with van der Waals surface area (Å²) >= 11 is 0. The van der Waals surface area contributed by atoms with Crippen LogP contribution in [-0.2, 0) is 4.74 Å². The fourth-order valence-corrected chi connectivity index (χ4v) is 0.434. The minimum absolute atomic E-state index is 0. The smallest absolute Gasteiger partial charge is 0.538 e. The minimum atomic E-state index is 0. The minimum Gasteiger partial charge on any atom is -0.538 e. The standard InChI is InChI=1S/C5H7O.Li/c1-2-4-6-5-3-1;/h5H,1-2,4H2;/q-1;+1. The van der Waals surface area contributed by atoms with E-state index in [1.807, 2.05) is 0 Å². The molecule has 0 saturated heterocycles. The van der Waals surface area contributed by atoms with Gasteiger partial charge < -0.3 is 10.8 Å². The molecule has 0 saturated carbocycles. The van der Waals surface area contributed by atoms with E-state index in [4.69, 9.17) is 4.74 Å². The molecule has 34 valence electrons. The second-order valence-electron chi connectivity index (χ2n) is 1.30. The monoisotopic (exact) mass is 90.1 g/mol. The van der Waals surface area contributed by atoms with E-state index < -0.39 is 0 Å². The van der Waals surface area contributed by atoms with E-state index in [1.165, 1.54) is 0 Å². The van der Waals surface area contributed by atoms with E-state index in [2.05, 4.69) is 6.08 Å². The first kappa shape index (κ1) is 7.14. The molecule has 1 nitrogen and oxygen atoms in total. The zero-order valence-corrected chi connectivity index (χ0v) is 4.61. The SMILES string of the molecule is [C-]1=COCCC1.[Li+]. The molecule has 0 bridgehead atoms. The van der Waals surface area contributed by atoms with Crippen molar-refractivity contribution in [1.29, 1.82) is 0 Å². The van der Waals surface area contributed by atoms with Gasteiger partial charge in [0, 0.05) is 0 Å². The molecule has 0 unspecified atom stereocenters. The molecule has 0 spiro atoms. The van der Waals surface area contributed by atoms with Crippen molar-refractivity contribution in [2.24, 2.45) is 0 Å². The Morgan fingerprint density at radius 3 is 2.57 bits per heavy atom. The van der Waals surface area contributed by atoms with Crippen LogP contribution >= 0.6 is 0 Å². The van der Waals surface area contributed by atoms with Gasteiger partial charge in [0.15, 0.2) is 0 Å². The van der Waals surface area contributed by atoms with Gasteiger partial charge in [0.1, 0.15) is 0 Å². The second kappa shape index (κ2) is 4.30. The summed E-state index contributed by atoms with van der Waals surface area (Å²) in [6.45, 7) is 0.882. The molecule has 7 heavy (non-hydrogen) atoms. The molecule has 0 aromatic rings. The Morgan fingerprint density at radius 2 is 2.43 bits per heavy atom. The van der Waals surface area contributed by atoms with Gasteiger partial charge in [0.05, 0.1) is 6.61 Å². The molecule has 0 N–H and O–H groups in total. The summed E-state index contributed by atoms with van der Waals surface area (Å²) in [5.41, 5.74) is 0. The largest absolute Gasteiger partial charge is 1.00 e. The summed E-state index contributed by atoms with van der Waals surface area (Å²) in [6, 6.07) is 0. The molecule has 1 rings (SSSR count). The van der Waals surface area contributed by atoms with Gasteiger partial charge in [-0.2, -0.15) is 6.42 Å². The van der Waals surface area contributed by atoms with Crippen molar-refractivity contribution in [3.8, 4) is 0 Å². The van der Waals surface area contributed by atoms with Crippen molar-refractivity contribution < 1.29 is 23.6 Å². The number of ether oxygens (including phenoxy) is 1.